The van der Waals surface area contributed by atoms with Crippen LogP contribution >= 0.6 is 11.6 Å². The van der Waals surface area contributed by atoms with Crippen molar-refractivity contribution >= 4 is 34.7 Å². The van der Waals surface area contributed by atoms with Crippen LogP contribution in [0, 0.1) is 6.92 Å². The Morgan fingerprint density at radius 2 is 1.97 bits per heavy atom. The lowest BCUT2D eigenvalue weighted by Crippen LogP contribution is -2.25. The molecule has 4 heterocycles. The van der Waals surface area contributed by atoms with Crippen LogP contribution in [0.3, 0.4) is 0 Å². The number of halogens is 4. The number of aromatic nitrogens is 5. The first-order valence-electron chi connectivity index (χ1n) is 9.33. The number of carbonyl (C=O) groups excluding carboxylic acids is 2. The fourth-order valence-corrected chi connectivity index (χ4v) is 3.30. The van der Waals surface area contributed by atoms with Gasteiger partial charge in [0.05, 0.1) is 18.5 Å². The molecule has 0 saturated carbocycles. The molecular formula is C19H15ClF3N7O3. The normalized spacial score (nSPS) is 11.7. The van der Waals surface area contributed by atoms with Gasteiger partial charge in [-0.25, -0.2) is 9.50 Å². The molecule has 2 N–H and O–H groups in total. The number of rotatable bonds is 5. The number of alkyl halides is 3. The number of hydrogen-bond donors (Lipinski definition) is 2. The standard InChI is InChI=1S/C19H15ClF3N7O3/c1-9-6-12(19(21,22)23)30-16(25-9)13(20)15(28-30)18(32)26-11-8-29(2)27-14(11)17(31)24-7-10-4-3-5-33-10/h3-6,8H,7H2,1-2H3,(H,24,31)(H,26,32). The van der Waals surface area contributed by atoms with Gasteiger partial charge in [-0.1, -0.05) is 11.6 Å². The Bertz CT molecular complexity index is 1360. The third-order valence-corrected chi connectivity index (χ3v) is 4.81. The van der Waals surface area contributed by atoms with Crippen LogP contribution < -0.4 is 10.6 Å². The summed E-state index contributed by atoms with van der Waals surface area (Å²) in [6.45, 7) is 1.45. The van der Waals surface area contributed by atoms with Gasteiger partial charge in [0, 0.05) is 18.9 Å². The Balaban J connectivity index is 1.63. The van der Waals surface area contributed by atoms with Crippen molar-refractivity contribution in [2.24, 2.45) is 7.05 Å². The summed E-state index contributed by atoms with van der Waals surface area (Å²) >= 11 is 6.14. The number of nitrogens with zero attached hydrogens (tertiary/aromatic N) is 5. The predicted octanol–water partition coefficient (Wildman–Crippen LogP) is 3.22. The molecular weight excluding hydrogens is 467 g/mol. The largest absolute Gasteiger partial charge is 0.467 e. The summed E-state index contributed by atoms with van der Waals surface area (Å²) in [6, 6.07) is 4.12. The molecule has 0 aliphatic rings. The fourth-order valence-electron chi connectivity index (χ4n) is 3.05. The summed E-state index contributed by atoms with van der Waals surface area (Å²) in [5.41, 5.74) is -2.02. The van der Waals surface area contributed by atoms with Crippen LogP contribution in [0.1, 0.15) is 38.1 Å². The number of nitrogens with one attached hydrogen (secondary N) is 2. The quantitative estimate of drug-likeness (QED) is 0.451. The molecule has 10 nitrogen and oxygen atoms in total. The average Bonchev–Trinajstić information content (AvgIpc) is 3.45. The van der Waals surface area contributed by atoms with Gasteiger partial charge in [-0.2, -0.15) is 23.4 Å². The number of carbonyl (C=O) groups is 2. The van der Waals surface area contributed by atoms with Crippen molar-refractivity contribution in [3.63, 3.8) is 0 Å². The van der Waals surface area contributed by atoms with Crippen molar-refractivity contribution < 1.29 is 27.2 Å². The van der Waals surface area contributed by atoms with Gasteiger partial charge >= 0.3 is 6.18 Å². The second kappa shape index (κ2) is 8.24. The molecule has 4 aromatic heterocycles. The Labute approximate surface area is 188 Å². The minimum Gasteiger partial charge on any atom is -0.467 e. The highest BCUT2D eigenvalue weighted by Crippen LogP contribution is 2.32. The van der Waals surface area contributed by atoms with Gasteiger partial charge in [0.15, 0.2) is 17.0 Å². The molecule has 0 bridgehead atoms. The van der Waals surface area contributed by atoms with Crippen molar-refractivity contribution in [1.82, 2.24) is 29.7 Å². The highest BCUT2D eigenvalue weighted by atomic mass is 35.5. The fraction of sp³-hybridized carbons (Fsp3) is 0.211. The summed E-state index contributed by atoms with van der Waals surface area (Å²) in [4.78, 5) is 29.3. The van der Waals surface area contributed by atoms with E-state index in [1.807, 2.05) is 0 Å². The van der Waals surface area contributed by atoms with Crippen LogP contribution in [-0.2, 0) is 19.8 Å². The Hall–Kier alpha value is -3.87. The van der Waals surface area contributed by atoms with Crippen LogP contribution in [0.2, 0.25) is 5.02 Å². The molecule has 33 heavy (non-hydrogen) atoms. The maximum Gasteiger partial charge on any atom is 0.433 e. The highest BCUT2D eigenvalue weighted by Gasteiger charge is 2.36. The van der Waals surface area contributed by atoms with E-state index in [2.05, 4.69) is 25.8 Å². The summed E-state index contributed by atoms with van der Waals surface area (Å²) in [7, 11) is 1.53. The third kappa shape index (κ3) is 4.39. The SMILES string of the molecule is Cc1cc(C(F)(F)F)n2nc(C(=O)Nc3cn(C)nc3C(=O)NCc3ccco3)c(Cl)c2n1. The van der Waals surface area contributed by atoms with Gasteiger partial charge in [0.2, 0.25) is 0 Å². The van der Waals surface area contributed by atoms with Crippen LogP contribution in [-0.4, -0.2) is 36.2 Å². The smallest absolute Gasteiger partial charge is 0.433 e. The summed E-state index contributed by atoms with van der Waals surface area (Å²) in [5.74, 6) is -1.05. The van der Waals surface area contributed by atoms with Gasteiger partial charge in [-0.05, 0) is 25.1 Å². The van der Waals surface area contributed by atoms with Crippen LogP contribution in [0.4, 0.5) is 18.9 Å². The number of anilines is 1. The number of fused-ring (bicyclic) bond motifs is 1. The van der Waals surface area contributed by atoms with E-state index in [0.717, 1.165) is 6.07 Å². The highest BCUT2D eigenvalue weighted by molar-refractivity contribution is 6.37. The molecule has 14 heteroatoms. The van der Waals surface area contributed by atoms with Crippen LogP contribution in [0.15, 0.2) is 35.1 Å². The first-order chi connectivity index (χ1) is 15.5. The molecule has 0 fully saturated rings. The molecule has 0 aliphatic carbocycles. The van der Waals surface area contributed by atoms with Crippen molar-refractivity contribution in [2.75, 3.05) is 5.32 Å². The van der Waals surface area contributed by atoms with E-state index in [-0.39, 0.29) is 34.3 Å². The topological polar surface area (TPSA) is 119 Å². The van der Waals surface area contributed by atoms with Gasteiger partial charge < -0.3 is 15.1 Å². The summed E-state index contributed by atoms with van der Waals surface area (Å²) in [5, 5.41) is 12.4. The second-order valence-corrected chi connectivity index (χ2v) is 7.34. The van der Waals surface area contributed by atoms with E-state index in [0.29, 0.717) is 10.3 Å². The minimum atomic E-state index is -4.75. The van der Waals surface area contributed by atoms with Crippen LogP contribution in [0.5, 0.6) is 0 Å². The number of aryl methyl sites for hydroxylation is 2. The van der Waals surface area contributed by atoms with Crippen molar-refractivity contribution in [1.29, 1.82) is 0 Å². The zero-order chi connectivity index (χ0) is 23.9. The van der Waals surface area contributed by atoms with Gasteiger partial charge in [0.1, 0.15) is 16.5 Å². The lowest BCUT2D eigenvalue weighted by atomic mass is 10.3. The van der Waals surface area contributed by atoms with E-state index in [1.165, 1.54) is 31.1 Å². The zero-order valence-electron chi connectivity index (χ0n) is 17.1. The molecule has 0 radical (unpaired) electrons. The van der Waals surface area contributed by atoms with Gasteiger partial charge in [-0.15, -0.1) is 0 Å². The first-order valence-corrected chi connectivity index (χ1v) is 9.71. The van der Waals surface area contributed by atoms with E-state index in [9.17, 15) is 22.8 Å². The Kier molecular flexibility index (Phi) is 5.57. The summed E-state index contributed by atoms with van der Waals surface area (Å²) in [6.07, 6.45) is -1.95. The molecule has 0 unspecified atom stereocenters. The van der Waals surface area contributed by atoms with Gasteiger partial charge in [0.25, 0.3) is 11.8 Å². The second-order valence-electron chi connectivity index (χ2n) is 6.96. The maximum absolute atomic E-state index is 13.4. The molecule has 0 aliphatic heterocycles. The van der Waals surface area contributed by atoms with Gasteiger partial charge in [-0.3, -0.25) is 14.3 Å². The van der Waals surface area contributed by atoms with Crippen molar-refractivity contribution in [3.05, 3.63) is 64.2 Å². The van der Waals surface area contributed by atoms with Crippen LogP contribution in [0.25, 0.3) is 5.65 Å². The Morgan fingerprint density at radius 1 is 1.21 bits per heavy atom. The third-order valence-electron chi connectivity index (χ3n) is 4.46. The van der Waals surface area contributed by atoms with E-state index in [1.54, 1.807) is 12.1 Å². The van der Waals surface area contributed by atoms with Crippen molar-refractivity contribution in [3.8, 4) is 0 Å². The molecule has 0 atom stereocenters. The zero-order valence-corrected chi connectivity index (χ0v) is 17.8. The Morgan fingerprint density at radius 3 is 2.64 bits per heavy atom. The number of furan rings is 1. The molecule has 0 spiro atoms. The molecule has 4 aromatic rings. The van der Waals surface area contributed by atoms with Crippen molar-refractivity contribution in [2.45, 2.75) is 19.6 Å². The number of hydrogen-bond acceptors (Lipinski definition) is 6. The molecule has 0 saturated heterocycles. The average molecular weight is 482 g/mol. The van der Waals surface area contributed by atoms with E-state index >= 15 is 0 Å². The van der Waals surface area contributed by atoms with E-state index < -0.39 is 29.4 Å². The van der Waals surface area contributed by atoms with E-state index in [4.69, 9.17) is 16.0 Å². The molecule has 172 valence electrons. The molecule has 4 rings (SSSR count). The lowest BCUT2D eigenvalue weighted by Gasteiger charge is -2.09. The summed E-state index contributed by atoms with van der Waals surface area (Å²) < 4.78 is 47.1. The maximum atomic E-state index is 13.4. The molecule has 2 amide bonds. The first kappa shape index (κ1) is 22.3. The number of amides is 2. The lowest BCUT2D eigenvalue weighted by molar-refractivity contribution is -0.142. The molecule has 0 aromatic carbocycles. The predicted molar refractivity (Wildman–Crippen MR) is 109 cm³/mol. The monoisotopic (exact) mass is 481 g/mol. The minimum absolute atomic E-state index is 0.00718.